The molecule has 2 rings (SSSR count). The van der Waals surface area contributed by atoms with Crippen LogP contribution in [0.15, 0.2) is 18.2 Å². The molecule has 1 aromatic carbocycles. The number of hydrogen-bond donors (Lipinski definition) is 1. The Balaban J connectivity index is 1.90. The van der Waals surface area contributed by atoms with Gasteiger partial charge in [-0.1, -0.05) is 31.5 Å². The van der Waals surface area contributed by atoms with Gasteiger partial charge in [0.15, 0.2) is 0 Å². The van der Waals surface area contributed by atoms with E-state index in [0.717, 1.165) is 31.9 Å². The molecule has 0 radical (unpaired) electrons. The van der Waals surface area contributed by atoms with Crippen LogP contribution in [0.4, 0.5) is 0 Å². The lowest BCUT2D eigenvalue weighted by Crippen LogP contribution is -2.26. The zero-order valence-corrected chi connectivity index (χ0v) is 13.7. The van der Waals surface area contributed by atoms with Crippen LogP contribution in [-0.4, -0.2) is 25.9 Å². The number of hydrogen-bond acceptors (Lipinski definition) is 3. The monoisotopic (exact) mass is 291 g/mol. The van der Waals surface area contributed by atoms with Gasteiger partial charge in [-0.2, -0.15) is 0 Å². The zero-order chi connectivity index (χ0) is 15.1. The van der Waals surface area contributed by atoms with Crippen LogP contribution in [0.5, 0.6) is 5.75 Å². The summed E-state index contributed by atoms with van der Waals surface area (Å²) in [6, 6.07) is 6.41. The third-order valence-corrected chi connectivity index (χ3v) is 3.78. The topological polar surface area (TPSA) is 30.5 Å². The van der Waals surface area contributed by atoms with Crippen molar-refractivity contribution in [3.63, 3.8) is 0 Å². The molecule has 0 bridgehead atoms. The number of nitrogens with one attached hydrogen (secondary N) is 1. The minimum absolute atomic E-state index is 0.261. The Morgan fingerprint density at radius 3 is 2.90 bits per heavy atom. The third-order valence-electron chi connectivity index (χ3n) is 3.78. The summed E-state index contributed by atoms with van der Waals surface area (Å²) in [5.74, 6) is 1.65. The fourth-order valence-electron chi connectivity index (χ4n) is 2.60. The maximum Gasteiger partial charge on any atom is 0.123 e. The fourth-order valence-corrected chi connectivity index (χ4v) is 2.60. The highest BCUT2D eigenvalue weighted by molar-refractivity contribution is 5.36. The summed E-state index contributed by atoms with van der Waals surface area (Å²) in [5.41, 5.74) is 2.52. The smallest absolute Gasteiger partial charge is 0.123 e. The average molecular weight is 291 g/mol. The van der Waals surface area contributed by atoms with E-state index in [1.165, 1.54) is 24.0 Å². The molecule has 0 aromatic heterocycles. The van der Waals surface area contributed by atoms with Crippen LogP contribution < -0.4 is 10.1 Å². The van der Waals surface area contributed by atoms with Gasteiger partial charge in [-0.3, -0.25) is 0 Å². The van der Waals surface area contributed by atoms with Gasteiger partial charge in [0.25, 0.3) is 0 Å². The van der Waals surface area contributed by atoms with E-state index < -0.39 is 0 Å². The quantitative estimate of drug-likeness (QED) is 0.831. The number of rotatable bonds is 7. The van der Waals surface area contributed by atoms with Crippen molar-refractivity contribution >= 4 is 0 Å². The third kappa shape index (κ3) is 5.68. The first-order valence-electron chi connectivity index (χ1n) is 8.20. The molecule has 1 atom stereocenters. The first-order valence-corrected chi connectivity index (χ1v) is 8.20. The Labute approximate surface area is 129 Å². The number of ether oxygens (including phenoxy) is 2. The van der Waals surface area contributed by atoms with Gasteiger partial charge in [-0.25, -0.2) is 0 Å². The molecule has 0 aliphatic carbocycles. The van der Waals surface area contributed by atoms with E-state index in [2.05, 4.69) is 44.3 Å². The summed E-state index contributed by atoms with van der Waals surface area (Å²) in [6.45, 7) is 10.0. The Morgan fingerprint density at radius 1 is 1.33 bits per heavy atom. The maximum atomic E-state index is 6.02. The Hall–Kier alpha value is -1.06. The van der Waals surface area contributed by atoms with Gasteiger partial charge in [0.05, 0.1) is 6.10 Å². The van der Waals surface area contributed by atoms with Crippen LogP contribution >= 0.6 is 0 Å². The van der Waals surface area contributed by atoms with Crippen LogP contribution in [0.1, 0.15) is 44.2 Å². The highest BCUT2D eigenvalue weighted by atomic mass is 16.5. The minimum Gasteiger partial charge on any atom is -0.491 e. The molecule has 1 aromatic rings. The first-order chi connectivity index (χ1) is 10.1. The standard InChI is InChI=1S/C18H29NO2/c1-14(2)11-19-12-16-10-15(3)7-8-18(16)21-13-17-6-4-5-9-20-17/h7-8,10,14,17,19H,4-6,9,11-13H2,1-3H3. The van der Waals surface area contributed by atoms with Crippen LogP contribution in [0.2, 0.25) is 0 Å². The molecule has 1 saturated heterocycles. The highest BCUT2D eigenvalue weighted by Gasteiger charge is 2.15. The van der Waals surface area contributed by atoms with Gasteiger partial charge in [-0.15, -0.1) is 0 Å². The molecule has 1 aliphatic heterocycles. The van der Waals surface area contributed by atoms with Crippen LogP contribution in [0, 0.1) is 12.8 Å². The van der Waals surface area contributed by atoms with Crippen molar-refractivity contribution in [1.82, 2.24) is 5.32 Å². The maximum absolute atomic E-state index is 6.02. The second kappa shape index (κ2) is 8.40. The van der Waals surface area contributed by atoms with E-state index in [4.69, 9.17) is 9.47 Å². The molecule has 1 aliphatic rings. The Morgan fingerprint density at radius 2 is 2.19 bits per heavy atom. The highest BCUT2D eigenvalue weighted by Crippen LogP contribution is 2.22. The van der Waals surface area contributed by atoms with Gasteiger partial charge in [0.2, 0.25) is 0 Å². The predicted molar refractivity (Wildman–Crippen MR) is 86.8 cm³/mol. The van der Waals surface area contributed by atoms with Crippen molar-refractivity contribution in [2.75, 3.05) is 19.8 Å². The molecule has 0 spiro atoms. The van der Waals surface area contributed by atoms with Crippen molar-refractivity contribution in [3.8, 4) is 5.75 Å². The fraction of sp³-hybridized carbons (Fsp3) is 0.667. The van der Waals surface area contributed by atoms with Crippen molar-refractivity contribution in [1.29, 1.82) is 0 Å². The molecule has 21 heavy (non-hydrogen) atoms. The summed E-state index contributed by atoms with van der Waals surface area (Å²) in [4.78, 5) is 0. The van der Waals surface area contributed by atoms with Gasteiger partial charge in [-0.05, 0) is 44.7 Å². The summed E-state index contributed by atoms with van der Waals surface area (Å²) in [6.07, 6.45) is 3.82. The Bertz CT molecular complexity index is 425. The van der Waals surface area contributed by atoms with Gasteiger partial charge >= 0.3 is 0 Å². The SMILES string of the molecule is Cc1ccc(OCC2CCCCO2)c(CNCC(C)C)c1. The lowest BCUT2D eigenvalue weighted by molar-refractivity contribution is -0.0112. The second-order valence-electron chi connectivity index (χ2n) is 6.44. The summed E-state index contributed by atoms with van der Waals surface area (Å²) in [7, 11) is 0. The van der Waals surface area contributed by atoms with Crippen molar-refractivity contribution in [2.24, 2.45) is 5.92 Å². The average Bonchev–Trinajstić information content (AvgIpc) is 2.47. The normalized spacial score (nSPS) is 19.0. The van der Waals surface area contributed by atoms with Crippen molar-refractivity contribution in [2.45, 2.75) is 52.7 Å². The van der Waals surface area contributed by atoms with Crippen LogP contribution in [0.3, 0.4) is 0 Å². The zero-order valence-electron chi connectivity index (χ0n) is 13.7. The number of aryl methyl sites for hydroxylation is 1. The molecule has 1 unspecified atom stereocenters. The Kier molecular flexibility index (Phi) is 6.52. The van der Waals surface area contributed by atoms with E-state index in [-0.39, 0.29) is 6.10 Å². The lowest BCUT2D eigenvalue weighted by Gasteiger charge is -2.23. The molecule has 3 heteroatoms. The second-order valence-corrected chi connectivity index (χ2v) is 6.44. The van der Waals surface area contributed by atoms with Crippen LogP contribution in [0.25, 0.3) is 0 Å². The summed E-state index contributed by atoms with van der Waals surface area (Å²) < 4.78 is 11.8. The van der Waals surface area contributed by atoms with Gasteiger partial charge < -0.3 is 14.8 Å². The predicted octanol–water partition coefficient (Wildman–Crippen LogP) is 3.69. The van der Waals surface area contributed by atoms with E-state index in [1.54, 1.807) is 0 Å². The summed E-state index contributed by atoms with van der Waals surface area (Å²) >= 11 is 0. The van der Waals surface area contributed by atoms with E-state index >= 15 is 0 Å². The lowest BCUT2D eigenvalue weighted by atomic mass is 10.1. The van der Waals surface area contributed by atoms with Crippen LogP contribution in [-0.2, 0) is 11.3 Å². The summed E-state index contributed by atoms with van der Waals surface area (Å²) in [5, 5.41) is 3.50. The molecule has 0 saturated carbocycles. The minimum atomic E-state index is 0.261. The van der Waals surface area contributed by atoms with E-state index in [9.17, 15) is 0 Å². The van der Waals surface area contributed by atoms with E-state index in [0.29, 0.717) is 12.5 Å². The molecular formula is C18H29NO2. The molecule has 0 amide bonds. The molecule has 1 fully saturated rings. The molecular weight excluding hydrogens is 262 g/mol. The van der Waals surface area contributed by atoms with Crippen molar-refractivity contribution in [3.05, 3.63) is 29.3 Å². The van der Waals surface area contributed by atoms with Crippen molar-refractivity contribution < 1.29 is 9.47 Å². The molecule has 118 valence electrons. The van der Waals surface area contributed by atoms with Gasteiger partial charge in [0.1, 0.15) is 12.4 Å². The molecule has 3 nitrogen and oxygen atoms in total. The first kappa shape index (κ1) is 16.3. The van der Waals surface area contributed by atoms with Gasteiger partial charge in [0, 0.05) is 18.7 Å². The molecule has 1 N–H and O–H groups in total. The van der Waals surface area contributed by atoms with E-state index in [1.807, 2.05) is 0 Å². The number of benzene rings is 1. The molecule has 1 heterocycles. The largest absolute Gasteiger partial charge is 0.491 e.